The minimum Gasteiger partial charge on any atom is -0.294 e. The second-order valence-electron chi connectivity index (χ2n) is 4.91. The fourth-order valence-corrected chi connectivity index (χ4v) is 2.59. The highest BCUT2D eigenvalue weighted by Gasteiger charge is 2.10. The number of ketones is 1. The van der Waals surface area contributed by atoms with Crippen LogP contribution in [0.15, 0.2) is 47.5 Å². The zero-order valence-corrected chi connectivity index (χ0v) is 12.9. The maximum atomic E-state index is 11.9. The molecule has 0 aliphatic heterocycles. The number of hydrogen-bond donors (Lipinski definition) is 0. The molecule has 2 rings (SSSR count). The van der Waals surface area contributed by atoms with Crippen molar-refractivity contribution in [3.63, 3.8) is 0 Å². The molecule has 20 heavy (non-hydrogen) atoms. The molecule has 104 valence electrons. The van der Waals surface area contributed by atoms with Gasteiger partial charge in [-0.2, -0.15) is 0 Å². The Bertz CT molecular complexity index is 573. The number of hydrogen-bond acceptors (Lipinski definition) is 3. The van der Waals surface area contributed by atoms with Gasteiger partial charge in [-0.25, -0.2) is 0 Å². The number of carbonyl (C=O) groups excluding carboxylic acids is 1. The van der Waals surface area contributed by atoms with Gasteiger partial charge in [-0.3, -0.25) is 9.78 Å². The van der Waals surface area contributed by atoms with Gasteiger partial charge in [0.15, 0.2) is 5.78 Å². The number of nitrogens with zero attached hydrogens (tertiary/aromatic N) is 1. The quantitative estimate of drug-likeness (QED) is 0.589. The van der Waals surface area contributed by atoms with Gasteiger partial charge in [0.2, 0.25) is 0 Å². The first-order valence-electron chi connectivity index (χ1n) is 6.85. The highest BCUT2D eigenvalue weighted by Crippen LogP contribution is 2.23. The zero-order chi connectivity index (χ0) is 14.5. The van der Waals surface area contributed by atoms with Crippen LogP contribution in [0, 0.1) is 5.92 Å². The zero-order valence-electron chi connectivity index (χ0n) is 12.1. The Labute approximate surface area is 124 Å². The minimum absolute atomic E-state index is 0.00741. The van der Waals surface area contributed by atoms with Gasteiger partial charge < -0.3 is 0 Å². The Morgan fingerprint density at radius 3 is 2.35 bits per heavy atom. The Morgan fingerprint density at radius 2 is 1.85 bits per heavy atom. The van der Waals surface area contributed by atoms with Crippen LogP contribution in [0.25, 0.3) is 11.3 Å². The highest BCUT2D eigenvalue weighted by atomic mass is 32.2. The first-order chi connectivity index (χ1) is 9.61. The molecule has 0 spiro atoms. The van der Waals surface area contributed by atoms with Crippen molar-refractivity contribution in [2.45, 2.75) is 25.7 Å². The molecule has 2 nitrogen and oxygen atoms in total. The monoisotopic (exact) mass is 285 g/mol. The average molecular weight is 285 g/mol. The van der Waals surface area contributed by atoms with Gasteiger partial charge in [0.05, 0.1) is 5.69 Å². The first kappa shape index (κ1) is 14.8. The molecule has 0 atom stereocenters. The smallest absolute Gasteiger partial charge is 0.166 e. The third-order valence-electron chi connectivity index (χ3n) is 3.03. The maximum absolute atomic E-state index is 11.9. The number of Topliss-reactive ketones (excluding diaryl/α,β-unsaturated/α-hetero) is 1. The van der Waals surface area contributed by atoms with E-state index in [1.807, 2.05) is 37.7 Å². The molecule has 0 N–H and O–H groups in total. The molecule has 3 heteroatoms. The molecule has 0 saturated carbocycles. The highest BCUT2D eigenvalue weighted by molar-refractivity contribution is 7.99. The van der Waals surface area contributed by atoms with E-state index in [1.165, 1.54) is 4.90 Å². The van der Waals surface area contributed by atoms with E-state index < -0.39 is 0 Å². The van der Waals surface area contributed by atoms with Gasteiger partial charge in [0.25, 0.3) is 0 Å². The molecule has 0 fully saturated rings. The molecule has 0 saturated heterocycles. The van der Waals surface area contributed by atoms with E-state index in [4.69, 9.17) is 0 Å². The van der Waals surface area contributed by atoms with Crippen molar-refractivity contribution in [2.75, 3.05) is 5.75 Å². The van der Waals surface area contributed by atoms with Crippen LogP contribution in [0.1, 0.15) is 31.1 Å². The number of benzene rings is 1. The van der Waals surface area contributed by atoms with Crippen molar-refractivity contribution in [3.05, 3.63) is 48.2 Å². The molecule has 0 aliphatic rings. The van der Waals surface area contributed by atoms with Crippen LogP contribution in [-0.2, 0) is 0 Å². The maximum Gasteiger partial charge on any atom is 0.166 e. The second-order valence-corrected chi connectivity index (χ2v) is 6.25. The van der Waals surface area contributed by atoms with Crippen LogP contribution >= 0.6 is 11.8 Å². The lowest BCUT2D eigenvalue weighted by atomic mass is 10.0. The van der Waals surface area contributed by atoms with Crippen molar-refractivity contribution < 1.29 is 4.79 Å². The van der Waals surface area contributed by atoms with Crippen LogP contribution in [0.4, 0.5) is 0 Å². The van der Waals surface area contributed by atoms with E-state index >= 15 is 0 Å². The van der Waals surface area contributed by atoms with E-state index in [2.05, 4.69) is 36.2 Å². The number of aromatic nitrogens is 1. The topological polar surface area (TPSA) is 30.0 Å². The van der Waals surface area contributed by atoms with Crippen LogP contribution in [0.3, 0.4) is 0 Å². The lowest BCUT2D eigenvalue weighted by Gasteiger charge is -2.06. The standard InChI is InChI=1S/C17H19NOS/c1-4-20-15-8-5-13(6-9-15)16-10-7-14(11-18-16)17(19)12(2)3/h5-12H,4H2,1-3H3. The van der Waals surface area contributed by atoms with Crippen LogP contribution < -0.4 is 0 Å². The fraction of sp³-hybridized carbons (Fsp3) is 0.294. The summed E-state index contributed by atoms with van der Waals surface area (Å²) in [7, 11) is 0. The van der Waals surface area contributed by atoms with E-state index in [0.29, 0.717) is 5.56 Å². The number of carbonyl (C=O) groups is 1. The summed E-state index contributed by atoms with van der Waals surface area (Å²) in [6.07, 6.45) is 1.67. The predicted octanol–water partition coefficient (Wildman–Crippen LogP) is 4.70. The van der Waals surface area contributed by atoms with E-state index in [0.717, 1.165) is 17.0 Å². The molecule has 1 heterocycles. The van der Waals surface area contributed by atoms with Crippen molar-refractivity contribution in [1.29, 1.82) is 0 Å². The SMILES string of the molecule is CCSc1ccc(-c2ccc(C(=O)C(C)C)cn2)cc1. The number of thioether (sulfide) groups is 1. The van der Waals surface area contributed by atoms with Gasteiger partial charge in [-0.05, 0) is 30.0 Å². The lowest BCUT2D eigenvalue weighted by molar-refractivity contribution is 0.0939. The van der Waals surface area contributed by atoms with Gasteiger partial charge in [0, 0.05) is 28.1 Å². The molecular formula is C17H19NOS. The summed E-state index contributed by atoms with van der Waals surface area (Å²) < 4.78 is 0. The summed E-state index contributed by atoms with van der Waals surface area (Å²) >= 11 is 1.82. The minimum atomic E-state index is 0.00741. The first-order valence-corrected chi connectivity index (χ1v) is 7.84. The molecule has 0 radical (unpaired) electrons. The summed E-state index contributed by atoms with van der Waals surface area (Å²) in [5.74, 6) is 1.22. The van der Waals surface area contributed by atoms with Gasteiger partial charge in [-0.1, -0.05) is 32.9 Å². The van der Waals surface area contributed by atoms with Gasteiger partial charge in [0.1, 0.15) is 0 Å². The summed E-state index contributed by atoms with van der Waals surface area (Å²) in [5, 5.41) is 0. The molecule has 0 unspecified atom stereocenters. The Balaban J connectivity index is 2.19. The average Bonchev–Trinajstić information content (AvgIpc) is 2.48. The molecule has 0 bridgehead atoms. The summed E-state index contributed by atoms with van der Waals surface area (Å²) in [6.45, 7) is 5.95. The lowest BCUT2D eigenvalue weighted by Crippen LogP contribution is -2.07. The summed E-state index contributed by atoms with van der Waals surface area (Å²) in [4.78, 5) is 17.5. The van der Waals surface area contributed by atoms with Crippen molar-refractivity contribution >= 4 is 17.5 Å². The van der Waals surface area contributed by atoms with E-state index in [-0.39, 0.29) is 11.7 Å². The van der Waals surface area contributed by atoms with Crippen LogP contribution in [-0.4, -0.2) is 16.5 Å². The summed E-state index contributed by atoms with van der Waals surface area (Å²) in [5.41, 5.74) is 2.66. The van der Waals surface area contributed by atoms with Crippen molar-refractivity contribution in [1.82, 2.24) is 4.98 Å². The number of pyridine rings is 1. The van der Waals surface area contributed by atoms with Gasteiger partial charge >= 0.3 is 0 Å². The molecule has 1 aromatic carbocycles. The van der Waals surface area contributed by atoms with Crippen molar-refractivity contribution in [2.24, 2.45) is 5.92 Å². The Kier molecular flexibility index (Phi) is 4.96. The normalized spacial score (nSPS) is 10.8. The van der Waals surface area contributed by atoms with Crippen LogP contribution in [0.5, 0.6) is 0 Å². The Hall–Kier alpha value is -1.61. The molecule has 1 aromatic heterocycles. The molecule has 0 amide bonds. The van der Waals surface area contributed by atoms with Crippen molar-refractivity contribution in [3.8, 4) is 11.3 Å². The molecular weight excluding hydrogens is 266 g/mol. The summed E-state index contributed by atoms with van der Waals surface area (Å²) in [6, 6.07) is 12.1. The van der Waals surface area contributed by atoms with E-state index in [1.54, 1.807) is 6.20 Å². The molecule has 2 aromatic rings. The largest absolute Gasteiger partial charge is 0.294 e. The van der Waals surface area contributed by atoms with Gasteiger partial charge in [-0.15, -0.1) is 11.8 Å². The van der Waals surface area contributed by atoms with E-state index in [9.17, 15) is 4.79 Å². The second kappa shape index (κ2) is 6.71. The third kappa shape index (κ3) is 3.48. The third-order valence-corrected chi connectivity index (χ3v) is 3.93. The fourth-order valence-electron chi connectivity index (χ4n) is 1.93. The van der Waals surface area contributed by atoms with Crippen LogP contribution in [0.2, 0.25) is 0 Å². The Morgan fingerprint density at radius 1 is 1.15 bits per heavy atom. The predicted molar refractivity (Wildman–Crippen MR) is 85.2 cm³/mol. The number of rotatable bonds is 5. The molecule has 0 aliphatic carbocycles.